The number of methoxy groups -OCH3 is 2. The number of hydrogen-bond acceptors (Lipinski definition) is 8. The largest absolute Gasteiger partial charge is 0.497 e. The summed E-state index contributed by atoms with van der Waals surface area (Å²) in [6.07, 6.45) is -0.357. The average molecular weight is 446 g/mol. The van der Waals surface area contributed by atoms with Crippen molar-refractivity contribution in [2.45, 2.75) is 6.23 Å². The average Bonchev–Trinajstić information content (AvgIpc) is 3.39. The van der Waals surface area contributed by atoms with Crippen LogP contribution in [0.1, 0.15) is 11.8 Å². The van der Waals surface area contributed by atoms with E-state index in [1.54, 1.807) is 32.4 Å². The van der Waals surface area contributed by atoms with Crippen LogP contribution in [0, 0.1) is 0 Å². The molecule has 2 aromatic carbocycles. The number of aromatic nitrogens is 2. The Morgan fingerprint density at radius 2 is 1.87 bits per heavy atom. The number of nitrogens with one attached hydrogen (secondary N) is 2. The van der Waals surface area contributed by atoms with Crippen LogP contribution in [-0.4, -0.2) is 37.6 Å². The van der Waals surface area contributed by atoms with Crippen molar-refractivity contribution in [1.29, 1.82) is 0 Å². The molecule has 0 saturated heterocycles. The molecule has 1 unspecified atom stereocenters. The van der Waals surface area contributed by atoms with Gasteiger partial charge in [0.05, 0.1) is 24.4 Å². The number of nitrogens with zero attached hydrogens (tertiary/aromatic N) is 1. The molecule has 31 heavy (non-hydrogen) atoms. The number of rotatable bonds is 8. The Kier molecular flexibility index (Phi) is 6.15. The maximum absolute atomic E-state index is 11.1. The van der Waals surface area contributed by atoms with Crippen LogP contribution < -0.4 is 20.5 Å². The van der Waals surface area contributed by atoms with Crippen molar-refractivity contribution < 1.29 is 23.5 Å². The highest BCUT2D eigenvalue weighted by atomic mass is 35.5. The Morgan fingerprint density at radius 1 is 1.10 bits per heavy atom. The Balaban J connectivity index is 1.45. The van der Waals surface area contributed by atoms with Crippen LogP contribution in [0.3, 0.4) is 0 Å². The van der Waals surface area contributed by atoms with Crippen LogP contribution in [0.2, 0.25) is 5.02 Å². The summed E-state index contributed by atoms with van der Waals surface area (Å²) in [6, 6.07) is 12.6. The van der Waals surface area contributed by atoms with Gasteiger partial charge >= 0.3 is 5.76 Å². The lowest BCUT2D eigenvalue weighted by atomic mass is 10.2. The van der Waals surface area contributed by atoms with Crippen LogP contribution in [0.25, 0.3) is 11.4 Å². The molecule has 1 aliphatic heterocycles. The smallest absolute Gasteiger partial charge is 0.439 e. The SMILES string of the molecule is COCC1=C(COc2ccc(-c3noc(=O)[nH]3)c(Cl)c2)OC(c2ccc(OC)cc2)N1. The summed E-state index contributed by atoms with van der Waals surface area (Å²) in [5, 5.41) is 7.30. The van der Waals surface area contributed by atoms with Gasteiger partial charge in [0.25, 0.3) is 0 Å². The van der Waals surface area contributed by atoms with E-state index in [-0.39, 0.29) is 18.7 Å². The highest BCUT2D eigenvalue weighted by Crippen LogP contribution is 2.31. The summed E-state index contributed by atoms with van der Waals surface area (Å²) in [6.45, 7) is 0.527. The minimum absolute atomic E-state index is 0.175. The molecule has 0 amide bonds. The van der Waals surface area contributed by atoms with Gasteiger partial charge in [-0.1, -0.05) is 16.8 Å². The lowest BCUT2D eigenvalue weighted by Gasteiger charge is -2.14. The maximum Gasteiger partial charge on any atom is 0.439 e. The molecule has 10 heteroatoms. The molecular formula is C21H20ClN3O6. The fourth-order valence-electron chi connectivity index (χ4n) is 3.07. The maximum atomic E-state index is 11.1. The zero-order valence-corrected chi connectivity index (χ0v) is 17.6. The molecule has 9 nitrogen and oxygen atoms in total. The molecule has 2 heterocycles. The first kappa shape index (κ1) is 20.8. The molecule has 162 valence electrons. The topological polar surface area (TPSA) is 108 Å². The predicted molar refractivity (Wildman–Crippen MR) is 112 cm³/mol. The van der Waals surface area contributed by atoms with Gasteiger partial charge in [-0.3, -0.25) is 9.51 Å². The Morgan fingerprint density at radius 3 is 2.52 bits per heavy atom. The second-order valence-electron chi connectivity index (χ2n) is 6.62. The Bertz CT molecular complexity index is 1140. The van der Waals surface area contributed by atoms with Gasteiger partial charge in [-0.05, 0) is 42.5 Å². The Hall–Kier alpha value is -3.43. The van der Waals surface area contributed by atoms with Crippen LogP contribution in [0.4, 0.5) is 0 Å². The van der Waals surface area contributed by atoms with Crippen molar-refractivity contribution in [3.05, 3.63) is 75.1 Å². The van der Waals surface area contributed by atoms with Crippen molar-refractivity contribution in [2.75, 3.05) is 27.4 Å². The van der Waals surface area contributed by atoms with E-state index in [2.05, 4.69) is 20.0 Å². The molecule has 0 aliphatic carbocycles. The third kappa shape index (κ3) is 4.68. The van der Waals surface area contributed by atoms with E-state index in [0.29, 0.717) is 28.7 Å². The zero-order chi connectivity index (χ0) is 21.8. The quantitative estimate of drug-likeness (QED) is 0.544. The summed E-state index contributed by atoms with van der Waals surface area (Å²) in [5.74, 6) is 1.52. The standard InChI is InChI=1S/C21H20ClN3O6/c1-27-10-17-18(30-20(23-17)12-3-5-13(28-2)6-4-12)11-29-14-7-8-15(16(22)9-14)19-24-21(26)31-25-19/h3-9,20,23H,10-11H2,1-2H3,(H,24,25,26). The van der Waals surface area contributed by atoms with E-state index in [1.807, 2.05) is 24.3 Å². The molecule has 1 aliphatic rings. The van der Waals surface area contributed by atoms with Crippen LogP contribution in [0.15, 0.2) is 63.2 Å². The predicted octanol–water partition coefficient (Wildman–Crippen LogP) is 3.25. The third-order valence-corrected chi connectivity index (χ3v) is 4.93. The fraction of sp³-hybridized carbons (Fsp3) is 0.238. The summed E-state index contributed by atoms with van der Waals surface area (Å²) in [7, 11) is 3.23. The summed E-state index contributed by atoms with van der Waals surface area (Å²) < 4.78 is 26.9. The van der Waals surface area contributed by atoms with E-state index in [4.69, 9.17) is 30.5 Å². The molecule has 0 radical (unpaired) electrons. The highest BCUT2D eigenvalue weighted by molar-refractivity contribution is 6.33. The molecule has 0 saturated carbocycles. The molecule has 3 aromatic rings. The molecule has 2 N–H and O–H groups in total. The van der Waals surface area contributed by atoms with Crippen molar-refractivity contribution in [2.24, 2.45) is 0 Å². The van der Waals surface area contributed by atoms with Crippen molar-refractivity contribution >= 4 is 11.6 Å². The second kappa shape index (κ2) is 9.15. The highest BCUT2D eigenvalue weighted by Gasteiger charge is 2.26. The van der Waals surface area contributed by atoms with Gasteiger partial charge in [-0.25, -0.2) is 4.79 Å². The van der Waals surface area contributed by atoms with Gasteiger partial charge < -0.3 is 24.3 Å². The molecule has 0 fully saturated rings. The molecule has 1 atom stereocenters. The number of H-pyrrole nitrogens is 1. The summed E-state index contributed by atoms with van der Waals surface area (Å²) >= 11 is 6.31. The van der Waals surface area contributed by atoms with Gasteiger partial charge in [0.1, 0.15) is 18.1 Å². The van der Waals surface area contributed by atoms with E-state index >= 15 is 0 Å². The van der Waals surface area contributed by atoms with Crippen molar-refractivity contribution in [3.8, 4) is 22.9 Å². The lowest BCUT2D eigenvalue weighted by molar-refractivity contribution is 0.106. The van der Waals surface area contributed by atoms with Gasteiger partial charge in [-0.15, -0.1) is 0 Å². The number of halogens is 1. The van der Waals surface area contributed by atoms with Gasteiger partial charge in [0.2, 0.25) is 0 Å². The fourth-order valence-corrected chi connectivity index (χ4v) is 3.33. The van der Waals surface area contributed by atoms with E-state index in [1.165, 1.54) is 0 Å². The minimum atomic E-state index is -0.652. The number of hydrogen-bond donors (Lipinski definition) is 2. The van der Waals surface area contributed by atoms with E-state index < -0.39 is 5.76 Å². The molecular weight excluding hydrogens is 426 g/mol. The van der Waals surface area contributed by atoms with Crippen LogP contribution >= 0.6 is 11.6 Å². The first-order valence-electron chi connectivity index (χ1n) is 9.34. The number of aromatic amines is 1. The number of ether oxygens (including phenoxy) is 4. The normalized spacial score (nSPS) is 15.5. The molecule has 0 spiro atoms. The molecule has 0 bridgehead atoms. The van der Waals surface area contributed by atoms with Crippen LogP contribution in [0.5, 0.6) is 11.5 Å². The van der Waals surface area contributed by atoms with E-state index in [0.717, 1.165) is 17.0 Å². The second-order valence-corrected chi connectivity index (χ2v) is 7.03. The summed E-state index contributed by atoms with van der Waals surface area (Å²) in [4.78, 5) is 13.6. The zero-order valence-electron chi connectivity index (χ0n) is 16.8. The van der Waals surface area contributed by atoms with Crippen molar-refractivity contribution in [3.63, 3.8) is 0 Å². The van der Waals surface area contributed by atoms with Gasteiger partial charge in [-0.2, -0.15) is 0 Å². The monoisotopic (exact) mass is 445 g/mol. The molecule has 1 aromatic heterocycles. The summed E-state index contributed by atoms with van der Waals surface area (Å²) in [5.41, 5.74) is 2.27. The van der Waals surface area contributed by atoms with Gasteiger partial charge in [0, 0.05) is 18.2 Å². The first-order chi connectivity index (χ1) is 15.1. The minimum Gasteiger partial charge on any atom is -0.497 e. The van der Waals surface area contributed by atoms with Crippen LogP contribution in [-0.2, 0) is 9.47 Å². The molecule has 4 rings (SSSR count). The third-order valence-electron chi connectivity index (χ3n) is 4.62. The number of benzene rings is 2. The van der Waals surface area contributed by atoms with Gasteiger partial charge in [0.15, 0.2) is 17.8 Å². The van der Waals surface area contributed by atoms with Crippen molar-refractivity contribution in [1.82, 2.24) is 15.5 Å². The Labute approximate surface area is 182 Å². The first-order valence-corrected chi connectivity index (χ1v) is 9.72. The lowest BCUT2D eigenvalue weighted by Crippen LogP contribution is -2.17. The van der Waals surface area contributed by atoms with E-state index in [9.17, 15) is 4.79 Å².